The average molecular weight is 421 g/mol. The van der Waals surface area contributed by atoms with E-state index in [0.29, 0.717) is 35.1 Å². The third kappa shape index (κ3) is 6.06. The van der Waals surface area contributed by atoms with Crippen molar-refractivity contribution >= 4 is 11.6 Å². The lowest BCUT2D eigenvalue weighted by Crippen LogP contribution is -2.15. The number of methoxy groups -OCH3 is 1. The molecule has 0 saturated heterocycles. The van der Waals surface area contributed by atoms with Crippen molar-refractivity contribution in [2.45, 2.75) is 33.3 Å². The second-order valence-electron chi connectivity index (χ2n) is 7.14. The van der Waals surface area contributed by atoms with Crippen LogP contribution in [0, 0.1) is 6.92 Å². The molecule has 0 aliphatic carbocycles. The van der Waals surface area contributed by atoms with Crippen molar-refractivity contribution in [3.05, 3.63) is 77.6 Å². The number of carbonyl (C=O) groups is 1. The summed E-state index contributed by atoms with van der Waals surface area (Å²) in [7, 11) is 1.62. The predicted octanol–water partition coefficient (Wildman–Crippen LogP) is 5.93. The molecule has 31 heavy (non-hydrogen) atoms. The van der Waals surface area contributed by atoms with Crippen molar-refractivity contribution < 1.29 is 19.0 Å². The maximum Gasteiger partial charge on any atom is 0.257 e. The van der Waals surface area contributed by atoms with Crippen LogP contribution in [0.15, 0.2) is 60.7 Å². The van der Waals surface area contributed by atoms with E-state index in [4.69, 9.17) is 14.2 Å². The van der Waals surface area contributed by atoms with Crippen LogP contribution in [-0.2, 0) is 4.74 Å². The minimum Gasteiger partial charge on any atom is -0.497 e. The van der Waals surface area contributed by atoms with Crippen LogP contribution in [-0.4, -0.2) is 24.6 Å². The summed E-state index contributed by atoms with van der Waals surface area (Å²) < 4.78 is 16.7. The summed E-state index contributed by atoms with van der Waals surface area (Å²) in [5, 5.41) is 2.91. The Morgan fingerprint density at radius 3 is 2.16 bits per heavy atom. The first-order chi connectivity index (χ1) is 15.0. The molecule has 0 saturated carbocycles. The number of pyridine rings is 1. The average Bonchev–Trinajstić information content (AvgIpc) is 2.79. The van der Waals surface area contributed by atoms with Crippen LogP contribution in [0.5, 0.6) is 17.2 Å². The molecule has 1 unspecified atom stereocenters. The number of hydrogen-bond acceptors (Lipinski definition) is 5. The number of rotatable bonds is 9. The van der Waals surface area contributed by atoms with Gasteiger partial charge in [0.25, 0.3) is 5.91 Å². The molecule has 0 aliphatic heterocycles. The highest BCUT2D eigenvalue weighted by atomic mass is 16.5. The van der Waals surface area contributed by atoms with Gasteiger partial charge >= 0.3 is 0 Å². The summed E-state index contributed by atoms with van der Waals surface area (Å²) in [5.74, 6) is 1.94. The zero-order chi connectivity index (χ0) is 22.2. The first kappa shape index (κ1) is 22.3. The topological polar surface area (TPSA) is 69.7 Å². The molecule has 0 fully saturated rings. The minimum atomic E-state index is -0.206. The molecule has 0 spiro atoms. The molecule has 1 aromatic heterocycles. The Hall–Kier alpha value is -3.38. The van der Waals surface area contributed by atoms with Gasteiger partial charge in [0.05, 0.1) is 30.2 Å². The smallest absolute Gasteiger partial charge is 0.257 e. The molecule has 6 heteroatoms. The van der Waals surface area contributed by atoms with Crippen LogP contribution in [0.3, 0.4) is 0 Å². The van der Waals surface area contributed by atoms with Crippen LogP contribution in [0.4, 0.5) is 5.69 Å². The van der Waals surface area contributed by atoms with Gasteiger partial charge in [-0.15, -0.1) is 0 Å². The number of anilines is 1. The van der Waals surface area contributed by atoms with Gasteiger partial charge in [0, 0.05) is 12.3 Å². The molecule has 0 aliphatic rings. The van der Waals surface area contributed by atoms with Crippen molar-refractivity contribution in [2.24, 2.45) is 0 Å². The number of carbonyl (C=O) groups excluding carboxylic acids is 1. The Kier molecular flexibility index (Phi) is 7.62. The van der Waals surface area contributed by atoms with Gasteiger partial charge in [0.1, 0.15) is 17.2 Å². The molecule has 6 nitrogen and oxygen atoms in total. The highest BCUT2D eigenvalue weighted by Crippen LogP contribution is 2.25. The molecule has 1 heterocycles. The minimum absolute atomic E-state index is 0.103. The molecular formula is C25H28N2O4. The molecule has 0 bridgehead atoms. The van der Waals surface area contributed by atoms with Gasteiger partial charge in [0.2, 0.25) is 0 Å². The fourth-order valence-corrected chi connectivity index (χ4v) is 3.01. The molecular weight excluding hydrogens is 392 g/mol. The first-order valence-electron chi connectivity index (χ1n) is 10.3. The summed E-state index contributed by atoms with van der Waals surface area (Å²) in [6.07, 6.45) is 0.849. The van der Waals surface area contributed by atoms with Crippen molar-refractivity contribution in [3.8, 4) is 17.2 Å². The lowest BCUT2D eigenvalue weighted by atomic mass is 10.1. The van der Waals surface area contributed by atoms with Gasteiger partial charge < -0.3 is 19.5 Å². The Morgan fingerprint density at radius 2 is 1.58 bits per heavy atom. The van der Waals surface area contributed by atoms with Crippen molar-refractivity contribution in [1.82, 2.24) is 4.98 Å². The lowest BCUT2D eigenvalue weighted by Gasteiger charge is -2.14. The molecule has 1 N–H and O–H groups in total. The van der Waals surface area contributed by atoms with Gasteiger partial charge in [0.15, 0.2) is 0 Å². The van der Waals surface area contributed by atoms with Crippen LogP contribution >= 0.6 is 0 Å². The summed E-state index contributed by atoms with van der Waals surface area (Å²) >= 11 is 0. The molecule has 3 rings (SSSR count). The number of aromatic nitrogens is 1. The van der Waals surface area contributed by atoms with E-state index in [0.717, 1.165) is 17.9 Å². The third-order valence-electron chi connectivity index (χ3n) is 4.75. The van der Waals surface area contributed by atoms with Gasteiger partial charge in [-0.1, -0.05) is 6.92 Å². The van der Waals surface area contributed by atoms with E-state index >= 15 is 0 Å². The molecule has 1 amide bonds. The second-order valence-corrected chi connectivity index (χ2v) is 7.14. The van der Waals surface area contributed by atoms with Crippen LogP contribution in [0.1, 0.15) is 48.1 Å². The van der Waals surface area contributed by atoms with Crippen LogP contribution < -0.4 is 14.8 Å². The van der Waals surface area contributed by atoms with Crippen LogP contribution in [0.2, 0.25) is 0 Å². The molecule has 2 aromatic carbocycles. The van der Waals surface area contributed by atoms with E-state index in [-0.39, 0.29) is 12.0 Å². The van der Waals surface area contributed by atoms with E-state index in [1.54, 1.807) is 37.4 Å². The molecule has 1 atom stereocenters. The SMILES string of the molecule is CCCOC(C)c1ccc(C(=O)Nc2ccc(Oc3ccc(OC)cc3)cc2)c(C)n1. The Morgan fingerprint density at radius 1 is 0.968 bits per heavy atom. The van der Waals surface area contributed by atoms with E-state index < -0.39 is 0 Å². The number of aryl methyl sites for hydroxylation is 1. The summed E-state index contributed by atoms with van der Waals surface area (Å²) in [6.45, 7) is 6.54. The lowest BCUT2D eigenvalue weighted by molar-refractivity contribution is 0.0632. The van der Waals surface area contributed by atoms with Crippen molar-refractivity contribution in [1.29, 1.82) is 0 Å². The maximum absolute atomic E-state index is 12.7. The highest BCUT2D eigenvalue weighted by Gasteiger charge is 2.14. The number of ether oxygens (including phenoxy) is 3. The van der Waals surface area contributed by atoms with Gasteiger partial charge in [-0.3, -0.25) is 9.78 Å². The van der Waals surface area contributed by atoms with Crippen molar-refractivity contribution in [3.63, 3.8) is 0 Å². The number of amides is 1. The van der Waals surface area contributed by atoms with E-state index in [2.05, 4.69) is 17.2 Å². The largest absolute Gasteiger partial charge is 0.497 e. The van der Waals surface area contributed by atoms with E-state index in [1.165, 1.54) is 0 Å². The second kappa shape index (κ2) is 10.6. The fourth-order valence-electron chi connectivity index (χ4n) is 3.01. The Balaban J connectivity index is 1.62. The Labute approximate surface area is 183 Å². The monoisotopic (exact) mass is 420 g/mol. The van der Waals surface area contributed by atoms with Gasteiger partial charge in [-0.25, -0.2) is 0 Å². The highest BCUT2D eigenvalue weighted by molar-refractivity contribution is 6.05. The van der Waals surface area contributed by atoms with E-state index in [9.17, 15) is 4.79 Å². The summed E-state index contributed by atoms with van der Waals surface area (Å²) in [5.41, 5.74) is 2.70. The maximum atomic E-state index is 12.7. The zero-order valence-corrected chi connectivity index (χ0v) is 18.3. The van der Waals surface area contributed by atoms with E-state index in [1.807, 2.05) is 44.2 Å². The number of benzene rings is 2. The van der Waals surface area contributed by atoms with Gasteiger partial charge in [-0.2, -0.15) is 0 Å². The molecule has 162 valence electrons. The summed E-state index contributed by atoms with van der Waals surface area (Å²) in [6, 6.07) is 18.2. The Bertz CT molecular complexity index is 1000. The third-order valence-corrected chi connectivity index (χ3v) is 4.75. The normalized spacial score (nSPS) is 11.6. The quantitative estimate of drug-likeness (QED) is 0.464. The number of nitrogens with zero attached hydrogens (tertiary/aromatic N) is 1. The fraction of sp³-hybridized carbons (Fsp3) is 0.280. The molecule has 3 aromatic rings. The van der Waals surface area contributed by atoms with Crippen LogP contribution in [0.25, 0.3) is 0 Å². The molecule has 0 radical (unpaired) electrons. The number of hydrogen-bond donors (Lipinski definition) is 1. The van der Waals surface area contributed by atoms with Crippen molar-refractivity contribution in [2.75, 3.05) is 19.0 Å². The first-order valence-corrected chi connectivity index (χ1v) is 10.3. The van der Waals surface area contributed by atoms with Gasteiger partial charge in [-0.05, 0) is 80.9 Å². The summed E-state index contributed by atoms with van der Waals surface area (Å²) in [4.78, 5) is 17.2. The standard InChI is InChI=1S/C25H28N2O4/c1-5-16-30-18(3)24-15-14-23(17(2)26-24)25(28)27-19-6-8-21(9-7-19)31-22-12-10-20(29-4)11-13-22/h6-15,18H,5,16H2,1-4H3,(H,27,28). The predicted molar refractivity (Wildman–Crippen MR) is 121 cm³/mol. The number of nitrogens with one attached hydrogen (secondary N) is 1. The zero-order valence-electron chi connectivity index (χ0n) is 18.3.